The van der Waals surface area contributed by atoms with Crippen LogP contribution in [-0.2, 0) is 26.0 Å². The summed E-state index contributed by atoms with van der Waals surface area (Å²) in [6, 6.07) is 7.32. The highest BCUT2D eigenvalue weighted by molar-refractivity contribution is 5.41. The van der Waals surface area contributed by atoms with E-state index in [2.05, 4.69) is 17.1 Å². The van der Waals surface area contributed by atoms with Gasteiger partial charge in [-0.05, 0) is 24.5 Å². The van der Waals surface area contributed by atoms with Crippen LogP contribution in [-0.4, -0.2) is 15.3 Å². The Morgan fingerprint density at radius 2 is 1.86 bits per heavy atom. The van der Waals surface area contributed by atoms with Crippen LogP contribution in [0.5, 0.6) is 11.6 Å². The van der Waals surface area contributed by atoms with Crippen LogP contribution in [0.1, 0.15) is 36.2 Å². The molecule has 0 unspecified atom stereocenters. The maximum Gasteiger partial charge on any atom is 0.243 e. The number of hydrogen-bond acceptors (Lipinski definition) is 5. The Bertz CT molecular complexity index is 614. The first-order valence-electron chi connectivity index (χ1n) is 7.19. The fourth-order valence-corrected chi connectivity index (χ4v) is 2.36. The van der Waals surface area contributed by atoms with E-state index in [1.54, 1.807) is 6.07 Å². The maximum atomic E-state index is 9.37. The predicted molar refractivity (Wildman–Crippen MR) is 81.1 cm³/mol. The summed E-state index contributed by atoms with van der Waals surface area (Å²) >= 11 is 0. The average molecular weight is 287 g/mol. The van der Waals surface area contributed by atoms with Crippen LogP contribution in [0.15, 0.2) is 24.3 Å². The van der Waals surface area contributed by atoms with Gasteiger partial charge in [0.05, 0.1) is 12.3 Å². The van der Waals surface area contributed by atoms with Crippen molar-refractivity contribution in [2.75, 3.05) is 0 Å². The van der Waals surface area contributed by atoms with Crippen LogP contribution in [0.2, 0.25) is 0 Å². The predicted octanol–water partition coefficient (Wildman–Crippen LogP) is 2.34. The first-order valence-corrected chi connectivity index (χ1v) is 7.19. The van der Waals surface area contributed by atoms with Crippen molar-refractivity contribution in [2.24, 2.45) is 5.73 Å². The molecule has 0 amide bonds. The van der Waals surface area contributed by atoms with Crippen molar-refractivity contribution in [1.29, 1.82) is 0 Å². The third-order valence-electron chi connectivity index (χ3n) is 3.47. The number of aliphatic hydroxyl groups excluding tert-OH is 1. The highest BCUT2D eigenvalue weighted by Gasteiger charge is 2.16. The molecule has 5 nitrogen and oxygen atoms in total. The molecule has 0 aliphatic heterocycles. The molecule has 0 fully saturated rings. The number of nitrogens with two attached hydrogens (primary N) is 1. The van der Waals surface area contributed by atoms with E-state index in [9.17, 15) is 5.11 Å². The number of aromatic nitrogens is 2. The smallest absolute Gasteiger partial charge is 0.243 e. The quantitative estimate of drug-likeness (QED) is 0.852. The summed E-state index contributed by atoms with van der Waals surface area (Å²) in [6.07, 6.45) is 1.65. The van der Waals surface area contributed by atoms with Crippen LogP contribution in [0.4, 0.5) is 0 Å². The molecular formula is C16H21N3O2. The van der Waals surface area contributed by atoms with E-state index in [4.69, 9.17) is 10.5 Å². The minimum atomic E-state index is -0.0881. The van der Waals surface area contributed by atoms with Gasteiger partial charge in [0, 0.05) is 17.7 Å². The normalized spacial score (nSPS) is 10.7. The molecule has 112 valence electrons. The lowest BCUT2D eigenvalue weighted by atomic mass is 10.0. The van der Waals surface area contributed by atoms with Crippen molar-refractivity contribution < 1.29 is 9.84 Å². The van der Waals surface area contributed by atoms with Crippen LogP contribution in [0.25, 0.3) is 0 Å². The van der Waals surface area contributed by atoms with Gasteiger partial charge < -0.3 is 15.6 Å². The van der Waals surface area contributed by atoms with E-state index in [0.29, 0.717) is 23.7 Å². The van der Waals surface area contributed by atoms with Crippen molar-refractivity contribution in [3.8, 4) is 11.6 Å². The molecular weight excluding hydrogens is 266 g/mol. The SMILES string of the molecule is CCc1nnc(Oc2ccccc2CO)c(CN)c1CC. The number of benzene rings is 1. The fourth-order valence-electron chi connectivity index (χ4n) is 2.36. The minimum Gasteiger partial charge on any atom is -0.437 e. The number of nitrogens with zero attached hydrogens (tertiary/aromatic N) is 2. The van der Waals surface area contributed by atoms with Crippen molar-refractivity contribution in [1.82, 2.24) is 10.2 Å². The van der Waals surface area contributed by atoms with E-state index in [1.807, 2.05) is 25.1 Å². The fraction of sp³-hybridized carbons (Fsp3) is 0.375. The van der Waals surface area contributed by atoms with Gasteiger partial charge in [-0.2, -0.15) is 5.10 Å². The molecule has 0 saturated carbocycles. The second-order valence-electron chi connectivity index (χ2n) is 4.69. The molecule has 0 spiro atoms. The van der Waals surface area contributed by atoms with Gasteiger partial charge in [-0.15, -0.1) is 5.10 Å². The lowest BCUT2D eigenvalue weighted by Gasteiger charge is -2.15. The lowest BCUT2D eigenvalue weighted by Crippen LogP contribution is -2.11. The number of para-hydroxylation sites is 1. The Labute approximate surface area is 124 Å². The molecule has 2 rings (SSSR count). The topological polar surface area (TPSA) is 81.3 Å². The van der Waals surface area contributed by atoms with E-state index in [-0.39, 0.29) is 6.61 Å². The summed E-state index contributed by atoms with van der Waals surface area (Å²) in [5.74, 6) is 1.00. The first-order chi connectivity index (χ1) is 10.2. The molecule has 0 aliphatic carbocycles. The van der Waals surface area contributed by atoms with Gasteiger partial charge in [0.15, 0.2) is 0 Å². The zero-order valence-corrected chi connectivity index (χ0v) is 12.5. The van der Waals surface area contributed by atoms with Gasteiger partial charge in [0.25, 0.3) is 0 Å². The maximum absolute atomic E-state index is 9.37. The molecule has 0 radical (unpaired) electrons. The zero-order valence-electron chi connectivity index (χ0n) is 12.5. The second-order valence-corrected chi connectivity index (χ2v) is 4.69. The van der Waals surface area contributed by atoms with E-state index in [1.165, 1.54) is 0 Å². The summed E-state index contributed by atoms with van der Waals surface area (Å²) in [5, 5.41) is 17.8. The van der Waals surface area contributed by atoms with E-state index >= 15 is 0 Å². The molecule has 0 bridgehead atoms. The molecule has 2 aromatic rings. The Morgan fingerprint density at radius 1 is 1.10 bits per heavy atom. The van der Waals surface area contributed by atoms with Gasteiger partial charge in [-0.25, -0.2) is 0 Å². The van der Waals surface area contributed by atoms with Crippen LogP contribution in [0.3, 0.4) is 0 Å². The van der Waals surface area contributed by atoms with Crippen molar-refractivity contribution in [3.63, 3.8) is 0 Å². The van der Waals surface area contributed by atoms with Crippen molar-refractivity contribution in [2.45, 2.75) is 39.8 Å². The summed E-state index contributed by atoms with van der Waals surface area (Å²) in [6.45, 7) is 4.38. The molecule has 0 atom stereocenters. The van der Waals surface area contributed by atoms with Crippen molar-refractivity contribution >= 4 is 0 Å². The van der Waals surface area contributed by atoms with Crippen LogP contribution >= 0.6 is 0 Å². The molecule has 3 N–H and O–H groups in total. The first kappa shape index (κ1) is 15.4. The third-order valence-corrected chi connectivity index (χ3v) is 3.47. The minimum absolute atomic E-state index is 0.0881. The Kier molecular flexibility index (Phi) is 5.25. The molecule has 5 heteroatoms. The highest BCUT2D eigenvalue weighted by atomic mass is 16.5. The number of ether oxygens (including phenoxy) is 1. The monoisotopic (exact) mass is 287 g/mol. The number of rotatable bonds is 6. The molecule has 1 aromatic carbocycles. The third kappa shape index (κ3) is 3.20. The summed E-state index contributed by atoms with van der Waals surface area (Å²) in [7, 11) is 0. The van der Waals surface area contributed by atoms with Gasteiger partial charge in [-0.3, -0.25) is 0 Å². The summed E-state index contributed by atoms with van der Waals surface area (Å²) in [4.78, 5) is 0. The average Bonchev–Trinajstić information content (AvgIpc) is 2.54. The number of hydrogen-bond donors (Lipinski definition) is 2. The molecule has 21 heavy (non-hydrogen) atoms. The van der Waals surface area contributed by atoms with E-state index in [0.717, 1.165) is 29.7 Å². The van der Waals surface area contributed by atoms with Crippen LogP contribution < -0.4 is 10.5 Å². The molecule has 1 heterocycles. The Balaban J connectivity index is 2.44. The van der Waals surface area contributed by atoms with Gasteiger partial charge in [0.1, 0.15) is 5.75 Å². The molecule has 0 saturated heterocycles. The summed E-state index contributed by atoms with van der Waals surface area (Å²) < 4.78 is 5.85. The Morgan fingerprint density at radius 3 is 2.48 bits per heavy atom. The van der Waals surface area contributed by atoms with Crippen molar-refractivity contribution in [3.05, 3.63) is 46.6 Å². The number of aliphatic hydroxyl groups is 1. The van der Waals surface area contributed by atoms with Crippen LogP contribution in [0, 0.1) is 0 Å². The Hall–Kier alpha value is -1.98. The van der Waals surface area contributed by atoms with Gasteiger partial charge in [-0.1, -0.05) is 32.0 Å². The molecule has 0 aliphatic rings. The molecule has 1 aromatic heterocycles. The largest absolute Gasteiger partial charge is 0.437 e. The van der Waals surface area contributed by atoms with E-state index < -0.39 is 0 Å². The number of aryl methyl sites for hydroxylation is 1. The van der Waals surface area contributed by atoms with Gasteiger partial charge >= 0.3 is 0 Å². The summed E-state index contributed by atoms with van der Waals surface area (Å²) in [5.41, 5.74) is 9.53. The van der Waals surface area contributed by atoms with Gasteiger partial charge in [0.2, 0.25) is 5.88 Å². The standard InChI is InChI=1S/C16H21N3O2/c1-3-12-13(9-17)16(19-18-14(12)4-2)21-15-8-6-5-7-11(15)10-20/h5-8,20H,3-4,9-10,17H2,1-2H3. The second kappa shape index (κ2) is 7.15. The lowest BCUT2D eigenvalue weighted by molar-refractivity contribution is 0.276. The zero-order chi connectivity index (χ0) is 15.2. The highest BCUT2D eigenvalue weighted by Crippen LogP contribution is 2.29.